The lowest BCUT2D eigenvalue weighted by molar-refractivity contribution is 0.305. The Labute approximate surface area is 124 Å². The summed E-state index contributed by atoms with van der Waals surface area (Å²) in [7, 11) is 0. The monoisotopic (exact) mass is 336 g/mol. The number of alkyl halides is 1. The third kappa shape index (κ3) is 3.46. The molecule has 0 atom stereocenters. The number of hydrogen-bond donors (Lipinski definition) is 0. The Hall–Kier alpha value is -1.57. The van der Waals surface area contributed by atoms with Gasteiger partial charge >= 0.3 is 0 Å². The van der Waals surface area contributed by atoms with Crippen LogP contribution in [0.1, 0.15) is 16.8 Å². The molecule has 1 aromatic carbocycles. The molecule has 0 amide bonds. The average molecular weight is 338 g/mol. The van der Waals surface area contributed by atoms with Crippen LogP contribution in [0, 0.1) is 11.3 Å². The highest BCUT2D eigenvalue weighted by molar-refractivity contribution is 9.10. The zero-order chi connectivity index (χ0) is 13.7. The topological polar surface area (TPSA) is 45.9 Å². The van der Waals surface area contributed by atoms with Crippen LogP contribution in [0.2, 0.25) is 0 Å². The van der Waals surface area contributed by atoms with Gasteiger partial charge < -0.3 is 4.74 Å². The molecular weight excluding hydrogens is 328 g/mol. The third-order valence-corrected chi connectivity index (χ3v) is 3.61. The van der Waals surface area contributed by atoms with Crippen molar-refractivity contribution >= 4 is 27.5 Å². The van der Waals surface area contributed by atoms with Crippen molar-refractivity contribution in [3.05, 3.63) is 57.8 Å². The Balaban J connectivity index is 2.13. The van der Waals surface area contributed by atoms with E-state index in [0.29, 0.717) is 23.9 Å². The SMILES string of the molecule is N#Cc1ncccc1COc1ccc(Br)c(CCl)c1. The van der Waals surface area contributed by atoms with Crippen LogP contribution in [-0.2, 0) is 12.5 Å². The van der Waals surface area contributed by atoms with Gasteiger partial charge in [-0.1, -0.05) is 22.0 Å². The molecule has 2 rings (SSSR count). The summed E-state index contributed by atoms with van der Waals surface area (Å²) < 4.78 is 6.61. The van der Waals surface area contributed by atoms with Gasteiger partial charge in [0.25, 0.3) is 0 Å². The van der Waals surface area contributed by atoms with Gasteiger partial charge in [-0.25, -0.2) is 4.98 Å². The molecule has 1 heterocycles. The third-order valence-electron chi connectivity index (χ3n) is 2.55. The normalized spacial score (nSPS) is 9.95. The Kier molecular flexibility index (Phi) is 4.78. The predicted octanol–water partition coefficient (Wildman–Crippen LogP) is 4.03. The summed E-state index contributed by atoms with van der Waals surface area (Å²) in [4.78, 5) is 3.99. The van der Waals surface area contributed by atoms with E-state index >= 15 is 0 Å². The average Bonchev–Trinajstić information content (AvgIpc) is 2.46. The molecule has 96 valence electrons. The molecule has 0 saturated heterocycles. The molecule has 5 heteroatoms. The van der Waals surface area contributed by atoms with Crippen LogP contribution >= 0.6 is 27.5 Å². The van der Waals surface area contributed by atoms with Crippen LogP contribution < -0.4 is 4.74 Å². The van der Waals surface area contributed by atoms with E-state index in [2.05, 4.69) is 20.9 Å². The van der Waals surface area contributed by atoms with E-state index < -0.39 is 0 Å². The van der Waals surface area contributed by atoms with Gasteiger partial charge in [0.15, 0.2) is 0 Å². The van der Waals surface area contributed by atoms with Gasteiger partial charge in [-0.3, -0.25) is 0 Å². The van der Waals surface area contributed by atoms with Gasteiger partial charge in [0.05, 0.1) is 0 Å². The quantitative estimate of drug-likeness (QED) is 0.791. The van der Waals surface area contributed by atoms with Crippen LogP contribution in [0.5, 0.6) is 5.75 Å². The number of hydrogen-bond acceptors (Lipinski definition) is 3. The number of halogens is 2. The van der Waals surface area contributed by atoms with E-state index in [9.17, 15) is 0 Å². The molecule has 1 aromatic heterocycles. The van der Waals surface area contributed by atoms with Crippen molar-refractivity contribution in [3.63, 3.8) is 0 Å². The first kappa shape index (κ1) is 13.9. The fourth-order valence-electron chi connectivity index (χ4n) is 1.56. The fourth-order valence-corrected chi connectivity index (χ4v) is 2.33. The molecule has 0 radical (unpaired) electrons. The number of benzene rings is 1. The van der Waals surface area contributed by atoms with Crippen LogP contribution in [0.25, 0.3) is 0 Å². The van der Waals surface area contributed by atoms with E-state index in [4.69, 9.17) is 21.6 Å². The second-order valence-corrected chi connectivity index (χ2v) is 4.92. The van der Waals surface area contributed by atoms with Crippen molar-refractivity contribution in [3.8, 4) is 11.8 Å². The molecule has 0 aliphatic rings. The first-order valence-corrected chi connectivity index (χ1v) is 6.88. The summed E-state index contributed by atoms with van der Waals surface area (Å²) in [5.41, 5.74) is 2.11. The van der Waals surface area contributed by atoms with Crippen molar-refractivity contribution in [2.24, 2.45) is 0 Å². The lowest BCUT2D eigenvalue weighted by atomic mass is 10.2. The van der Waals surface area contributed by atoms with Crippen molar-refractivity contribution in [1.29, 1.82) is 5.26 Å². The molecule has 0 aliphatic carbocycles. The molecule has 0 bridgehead atoms. The van der Waals surface area contributed by atoms with Crippen LogP contribution in [0.15, 0.2) is 41.0 Å². The van der Waals surface area contributed by atoms with E-state index in [1.807, 2.05) is 30.3 Å². The predicted molar refractivity (Wildman–Crippen MR) is 77.0 cm³/mol. The molecule has 0 N–H and O–H groups in total. The molecule has 2 aromatic rings. The maximum absolute atomic E-state index is 8.94. The Morgan fingerprint density at radius 1 is 1.32 bits per heavy atom. The molecule has 19 heavy (non-hydrogen) atoms. The minimum absolute atomic E-state index is 0.306. The Bertz CT molecular complexity index is 625. The molecule has 3 nitrogen and oxygen atoms in total. The minimum Gasteiger partial charge on any atom is -0.489 e. The number of ether oxygens (including phenoxy) is 1. The minimum atomic E-state index is 0.306. The van der Waals surface area contributed by atoms with Gasteiger partial charge in [-0.05, 0) is 29.8 Å². The molecule has 0 saturated carbocycles. The maximum atomic E-state index is 8.94. The number of nitrogens with zero attached hydrogens (tertiary/aromatic N) is 2. The van der Waals surface area contributed by atoms with Crippen molar-refractivity contribution < 1.29 is 4.74 Å². The summed E-state index contributed by atoms with van der Waals surface area (Å²) in [5.74, 6) is 1.13. The second-order valence-electron chi connectivity index (χ2n) is 3.80. The Morgan fingerprint density at radius 3 is 2.89 bits per heavy atom. The summed E-state index contributed by atoms with van der Waals surface area (Å²) in [5, 5.41) is 8.94. The highest BCUT2D eigenvalue weighted by atomic mass is 79.9. The van der Waals surface area contributed by atoms with Crippen molar-refractivity contribution in [2.45, 2.75) is 12.5 Å². The van der Waals surface area contributed by atoms with Gasteiger partial charge in [-0.15, -0.1) is 11.6 Å². The lowest BCUT2D eigenvalue weighted by Gasteiger charge is -2.09. The number of rotatable bonds is 4. The van der Waals surface area contributed by atoms with E-state index in [1.165, 1.54) is 0 Å². The standard InChI is InChI=1S/C14H10BrClN2O/c15-13-4-3-12(6-11(13)7-16)19-9-10-2-1-5-18-14(10)8-17/h1-6H,7,9H2. The molecule has 0 spiro atoms. The van der Waals surface area contributed by atoms with Crippen LogP contribution in [0.4, 0.5) is 0 Å². The first-order valence-electron chi connectivity index (χ1n) is 5.55. The molecule has 0 fully saturated rings. The van der Waals surface area contributed by atoms with Gasteiger partial charge in [0, 0.05) is 22.1 Å². The van der Waals surface area contributed by atoms with Crippen molar-refractivity contribution in [1.82, 2.24) is 4.98 Å². The zero-order valence-corrected chi connectivity index (χ0v) is 12.3. The fraction of sp³-hybridized carbons (Fsp3) is 0.143. The zero-order valence-electron chi connectivity index (χ0n) is 9.94. The van der Waals surface area contributed by atoms with Gasteiger partial charge in [0.1, 0.15) is 24.1 Å². The lowest BCUT2D eigenvalue weighted by Crippen LogP contribution is -2.00. The molecule has 0 unspecified atom stereocenters. The number of pyridine rings is 1. The van der Waals surface area contributed by atoms with Crippen molar-refractivity contribution in [2.75, 3.05) is 0 Å². The summed E-state index contributed by atoms with van der Waals surface area (Å²) in [6.07, 6.45) is 1.59. The van der Waals surface area contributed by atoms with Gasteiger partial charge in [0.2, 0.25) is 0 Å². The second kappa shape index (κ2) is 6.55. The molecule has 0 aliphatic heterocycles. The van der Waals surface area contributed by atoms with Gasteiger partial charge in [-0.2, -0.15) is 5.26 Å². The summed E-state index contributed by atoms with van der Waals surface area (Å²) >= 11 is 9.25. The van der Waals surface area contributed by atoms with E-state index in [-0.39, 0.29) is 0 Å². The smallest absolute Gasteiger partial charge is 0.147 e. The highest BCUT2D eigenvalue weighted by Gasteiger charge is 2.05. The largest absolute Gasteiger partial charge is 0.489 e. The van der Waals surface area contributed by atoms with Crippen LogP contribution in [0.3, 0.4) is 0 Å². The first-order chi connectivity index (χ1) is 9.24. The van der Waals surface area contributed by atoms with Crippen LogP contribution in [-0.4, -0.2) is 4.98 Å². The summed E-state index contributed by atoms with van der Waals surface area (Å²) in [6, 6.07) is 11.3. The highest BCUT2D eigenvalue weighted by Crippen LogP contribution is 2.24. The van der Waals surface area contributed by atoms with E-state index in [0.717, 1.165) is 15.6 Å². The number of nitriles is 1. The van der Waals surface area contributed by atoms with E-state index in [1.54, 1.807) is 12.3 Å². The number of aromatic nitrogens is 1. The maximum Gasteiger partial charge on any atom is 0.147 e. The summed E-state index contributed by atoms with van der Waals surface area (Å²) in [6.45, 7) is 0.306. The Morgan fingerprint density at radius 2 is 2.16 bits per heavy atom. The molecular formula is C14H10BrClN2O.